The number of aromatic amines is 1. The quantitative estimate of drug-likeness (QED) is 0.191. The number of carbonyl (C=O) groups is 3. The molecule has 260 valence electrons. The van der Waals surface area contributed by atoms with Crippen LogP contribution in [-0.2, 0) is 41.7 Å². The van der Waals surface area contributed by atoms with Gasteiger partial charge in [-0.3, -0.25) is 9.89 Å². The third kappa shape index (κ3) is 7.50. The number of nitrogens with zero attached hydrogens (tertiary/aromatic N) is 6. The number of rotatable bonds is 9. The van der Waals surface area contributed by atoms with Crippen molar-refractivity contribution in [3.8, 4) is 11.4 Å². The summed E-state index contributed by atoms with van der Waals surface area (Å²) in [6.45, 7) is -3.37. The highest BCUT2D eigenvalue weighted by Crippen LogP contribution is 2.36. The zero-order valence-corrected chi connectivity index (χ0v) is 25.6. The molecule has 3 N–H and O–H groups in total. The van der Waals surface area contributed by atoms with E-state index in [4.69, 9.17) is 31.5 Å². The summed E-state index contributed by atoms with van der Waals surface area (Å²) in [5.74, 6) is -7.10. The van der Waals surface area contributed by atoms with Crippen molar-refractivity contribution >= 4 is 46.2 Å². The van der Waals surface area contributed by atoms with Crippen molar-refractivity contribution < 1.29 is 54.9 Å². The molecule has 3 heterocycles. The first-order valence-electron chi connectivity index (χ1n) is 13.8. The fourth-order valence-electron chi connectivity index (χ4n) is 5.01. The lowest BCUT2D eigenvalue weighted by molar-refractivity contribution is -0.276. The van der Waals surface area contributed by atoms with Crippen molar-refractivity contribution in [3.63, 3.8) is 0 Å². The van der Waals surface area contributed by atoms with E-state index in [0.29, 0.717) is 26.4 Å². The van der Waals surface area contributed by atoms with Gasteiger partial charge in [-0.15, -0.1) is 0 Å². The Morgan fingerprint density at radius 2 is 1.73 bits per heavy atom. The molecular weight excluding hydrogens is 694 g/mol. The number of nitrogens with one attached hydrogen (secondary N) is 1. The summed E-state index contributed by atoms with van der Waals surface area (Å²) < 4.78 is 96.0. The molecule has 0 saturated carbocycles. The Hall–Kier alpha value is -5.08. The van der Waals surface area contributed by atoms with Gasteiger partial charge >= 0.3 is 24.3 Å². The molecule has 0 radical (unpaired) electrons. The van der Waals surface area contributed by atoms with Crippen molar-refractivity contribution in [1.29, 1.82) is 0 Å². The van der Waals surface area contributed by atoms with Gasteiger partial charge in [0.2, 0.25) is 0 Å². The van der Waals surface area contributed by atoms with E-state index in [2.05, 4.69) is 25.1 Å². The molecule has 1 unspecified atom stereocenters. The van der Waals surface area contributed by atoms with E-state index < -0.39 is 68.4 Å². The van der Waals surface area contributed by atoms with Crippen molar-refractivity contribution in [2.24, 2.45) is 0 Å². The van der Waals surface area contributed by atoms with E-state index in [1.54, 1.807) is 0 Å². The summed E-state index contributed by atoms with van der Waals surface area (Å²) in [5, 5.41) is 7.26. The van der Waals surface area contributed by atoms with E-state index >= 15 is 0 Å². The topological polar surface area (TPSA) is 179 Å². The molecule has 2 atom stereocenters. The van der Waals surface area contributed by atoms with Crippen LogP contribution in [0.1, 0.15) is 11.4 Å². The molecule has 1 fully saturated rings. The molecule has 5 rings (SSSR count). The predicted molar refractivity (Wildman–Crippen MR) is 154 cm³/mol. The molecule has 1 aliphatic rings. The Morgan fingerprint density at radius 1 is 1.04 bits per heavy atom. The molecule has 1 amide bonds. The van der Waals surface area contributed by atoms with E-state index in [0.717, 1.165) is 18.3 Å². The Labute approximate surface area is 276 Å². The molecule has 1 aliphatic heterocycles. The van der Waals surface area contributed by atoms with Gasteiger partial charge < -0.3 is 24.8 Å². The lowest BCUT2D eigenvalue weighted by atomic mass is 10.0. The number of piperazine rings is 1. The molecule has 2 aromatic carbocycles. The van der Waals surface area contributed by atoms with Gasteiger partial charge in [0.25, 0.3) is 11.6 Å². The molecule has 2 aromatic heterocycles. The van der Waals surface area contributed by atoms with Crippen LogP contribution < -0.4 is 5.73 Å². The molecular formula is C28H23ClF6N8O6. The van der Waals surface area contributed by atoms with Gasteiger partial charge in [0.05, 0.1) is 18.6 Å². The number of halogens is 7. The van der Waals surface area contributed by atoms with Gasteiger partial charge in [-0.2, -0.15) is 31.4 Å². The number of alkyl halides is 6. The largest absolute Gasteiger partial charge is 0.491 e. The number of hydrogen-bond acceptors (Lipinski definition) is 12. The summed E-state index contributed by atoms with van der Waals surface area (Å²) >= 11 is 5.91. The number of H-pyrrole nitrogens is 1. The molecule has 21 heteroatoms. The normalized spacial score (nSPS) is 18.9. The Kier molecular flexibility index (Phi) is 9.66. The van der Waals surface area contributed by atoms with E-state index in [9.17, 15) is 40.7 Å². The summed E-state index contributed by atoms with van der Waals surface area (Å²) in [7, 11) is 0.935. The molecule has 0 spiro atoms. The van der Waals surface area contributed by atoms with Crippen LogP contribution in [0, 0.1) is 0 Å². The number of aromatic nitrogens is 5. The molecule has 49 heavy (non-hydrogen) atoms. The lowest BCUT2D eigenvalue weighted by Crippen LogP contribution is -2.73. The molecule has 4 aromatic rings. The number of esters is 2. The minimum absolute atomic E-state index is 0.0193. The van der Waals surface area contributed by atoms with Crippen molar-refractivity contribution in [2.45, 2.75) is 37.4 Å². The number of fused-ring (bicyclic) bond motifs is 1. The van der Waals surface area contributed by atoms with Crippen LogP contribution in [0.15, 0.2) is 48.8 Å². The Bertz CT molecular complexity index is 1870. The summed E-state index contributed by atoms with van der Waals surface area (Å²) in [6, 6.07) is 10.4. The molecule has 0 bridgehead atoms. The van der Waals surface area contributed by atoms with Gasteiger partial charge in [0.15, 0.2) is 12.1 Å². The third-order valence-electron chi connectivity index (χ3n) is 7.18. The number of anilines is 1. The molecule has 0 aliphatic carbocycles. The summed E-state index contributed by atoms with van der Waals surface area (Å²) in [5.41, 5.74) is 3.66. The Morgan fingerprint density at radius 3 is 2.39 bits per heavy atom. The van der Waals surface area contributed by atoms with Crippen LogP contribution in [0.4, 0.5) is 32.2 Å². The smallest absolute Gasteiger partial charge is 0.438 e. The second-order valence-corrected chi connectivity index (χ2v) is 10.9. The van der Waals surface area contributed by atoms with E-state index in [1.807, 2.05) is 0 Å². The number of nitrogens with two attached hydrogens (primary N) is 1. The first-order chi connectivity index (χ1) is 23.0. The van der Waals surface area contributed by atoms with Crippen LogP contribution in [0.3, 0.4) is 0 Å². The van der Waals surface area contributed by atoms with Gasteiger partial charge in [0.1, 0.15) is 24.6 Å². The number of hydrogen-bond donors (Lipinski definition) is 2. The minimum atomic E-state index is -5.68. The zero-order chi connectivity index (χ0) is 35.7. The third-order valence-corrected chi connectivity index (χ3v) is 7.43. The Balaban J connectivity index is 1.60. The van der Waals surface area contributed by atoms with Gasteiger partial charge in [0, 0.05) is 29.6 Å². The standard InChI is InChI=1S/C28H23ClF6N8O6/c1-47-12-26(49-25(46)28(33,34)35)23(44)42(9-14-2-7-17-18(8-14)37-13-38-21(17)36)11-20(48-24(45)27(30,31)32)43(26)10-19-39-22(41-40-19)15-3-5-16(29)6-4-15/h2-8,13,20H,9-12H2,1H3,(H2,36,37,38)(H,39,40,41)/t20?,26-/m0/s1. The van der Waals surface area contributed by atoms with Crippen LogP contribution in [-0.4, -0.2) is 97.4 Å². The summed E-state index contributed by atoms with van der Waals surface area (Å²) in [4.78, 5) is 52.1. The van der Waals surface area contributed by atoms with Crippen molar-refractivity contribution in [3.05, 3.63) is 65.2 Å². The highest BCUT2D eigenvalue weighted by Gasteiger charge is 2.61. The SMILES string of the molecule is COC[C@]1(OC(=O)C(F)(F)F)C(=O)N(Cc2ccc3c(N)ncnc3c2)CC(OC(=O)C(F)(F)F)N1Cc1nc(-c2ccc(Cl)cc2)n[nH]1. The zero-order valence-electron chi connectivity index (χ0n) is 24.9. The van der Waals surface area contributed by atoms with E-state index in [-0.39, 0.29) is 23.0 Å². The summed E-state index contributed by atoms with van der Waals surface area (Å²) in [6.07, 6.45) is -12.3. The van der Waals surface area contributed by atoms with Crippen LogP contribution in [0.5, 0.6) is 0 Å². The van der Waals surface area contributed by atoms with Crippen LogP contribution >= 0.6 is 11.6 Å². The lowest BCUT2D eigenvalue weighted by Gasteiger charge is -2.50. The number of amides is 1. The maximum atomic E-state index is 14.2. The fourth-order valence-corrected chi connectivity index (χ4v) is 5.14. The van der Waals surface area contributed by atoms with Crippen molar-refractivity contribution in [1.82, 2.24) is 34.9 Å². The minimum Gasteiger partial charge on any atom is -0.438 e. The number of benzene rings is 2. The van der Waals surface area contributed by atoms with Crippen molar-refractivity contribution in [2.75, 3.05) is 26.0 Å². The second kappa shape index (κ2) is 13.4. The average molecular weight is 717 g/mol. The predicted octanol–water partition coefficient (Wildman–Crippen LogP) is 3.37. The van der Waals surface area contributed by atoms with Gasteiger partial charge in [-0.25, -0.2) is 29.4 Å². The first kappa shape index (κ1) is 35.2. The second-order valence-electron chi connectivity index (χ2n) is 10.5. The number of ether oxygens (including phenoxy) is 3. The number of methoxy groups -OCH3 is 1. The monoisotopic (exact) mass is 716 g/mol. The van der Waals surface area contributed by atoms with Gasteiger partial charge in [-0.1, -0.05) is 17.7 Å². The highest BCUT2D eigenvalue weighted by atomic mass is 35.5. The van der Waals surface area contributed by atoms with E-state index in [1.165, 1.54) is 42.5 Å². The maximum absolute atomic E-state index is 14.2. The first-order valence-corrected chi connectivity index (χ1v) is 14.2. The fraction of sp³-hybridized carbons (Fsp3) is 0.321. The number of nitrogen functional groups attached to an aromatic ring is 1. The van der Waals surface area contributed by atoms with Gasteiger partial charge in [-0.05, 0) is 42.0 Å². The highest BCUT2D eigenvalue weighted by molar-refractivity contribution is 6.30. The average Bonchev–Trinajstić information content (AvgIpc) is 3.50. The molecule has 1 saturated heterocycles. The molecule has 14 nitrogen and oxygen atoms in total. The van der Waals surface area contributed by atoms with Crippen LogP contribution in [0.2, 0.25) is 5.02 Å². The number of carbonyl (C=O) groups excluding carboxylic acids is 3. The van der Waals surface area contributed by atoms with Crippen LogP contribution in [0.25, 0.3) is 22.3 Å². The maximum Gasteiger partial charge on any atom is 0.491 e.